The highest BCUT2D eigenvalue weighted by Crippen LogP contribution is 2.48. The Bertz CT molecular complexity index is 9420. The van der Waals surface area contributed by atoms with Crippen molar-refractivity contribution in [2.24, 2.45) is 0 Å². The quantitative estimate of drug-likeness (QED) is 0.0901. The van der Waals surface area contributed by atoms with Gasteiger partial charge in [-0.05, 0) is 179 Å². The maximum atomic E-state index is 5.47. The summed E-state index contributed by atoms with van der Waals surface area (Å²) in [5.74, 6) is 3.52. The van der Waals surface area contributed by atoms with Gasteiger partial charge in [-0.1, -0.05) is 443 Å². The summed E-state index contributed by atoms with van der Waals surface area (Å²) >= 11 is 0. The number of hydrogen-bond acceptors (Lipinski definition) is 6. The van der Waals surface area contributed by atoms with Crippen LogP contribution in [-0.4, -0.2) is 48.2 Å². The van der Waals surface area contributed by atoms with Gasteiger partial charge in [-0.2, -0.15) is 19.9 Å². The van der Waals surface area contributed by atoms with Crippen LogP contribution in [0, 0.1) is 0 Å². The highest BCUT2D eigenvalue weighted by molar-refractivity contribution is 6.26. The smallest absolute Gasteiger partial charge is 0.238 e. The van der Waals surface area contributed by atoms with Crippen LogP contribution in [0.25, 0.3) is 256 Å². The molecule has 0 fully saturated rings. The van der Waals surface area contributed by atoms with Crippen LogP contribution in [0.5, 0.6) is 0 Å². The van der Waals surface area contributed by atoms with Crippen molar-refractivity contribution in [3.05, 3.63) is 522 Å². The van der Waals surface area contributed by atoms with Crippen molar-refractivity contribution < 1.29 is 0 Å². The fourth-order valence-corrected chi connectivity index (χ4v) is 20.8. The molecule has 0 aliphatic carbocycles. The van der Waals surface area contributed by atoms with Crippen molar-refractivity contribution in [3.63, 3.8) is 0 Å². The van der Waals surface area contributed by atoms with Crippen LogP contribution >= 0.6 is 0 Å². The average Bonchev–Trinajstić information content (AvgIpc) is 1.54. The van der Waals surface area contributed by atoms with E-state index in [1.54, 1.807) is 0 Å². The molecule has 0 N–H and O–H groups in total. The number of aromatic nitrogens is 10. The minimum absolute atomic E-state index is 0.542. The molecule has 0 aliphatic heterocycles. The Balaban J connectivity index is 0.000000146. The molecular weight excluding hydrogens is 1730 g/mol. The topological polar surface area (TPSA) is 97.1 Å². The first-order valence-corrected chi connectivity index (χ1v) is 48.1. The lowest BCUT2D eigenvalue weighted by Gasteiger charge is -2.16. The van der Waals surface area contributed by atoms with E-state index >= 15 is 0 Å². The molecule has 10 nitrogen and oxygen atoms in total. The van der Waals surface area contributed by atoms with E-state index in [0.717, 1.165) is 176 Å². The Morgan fingerprint density at radius 3 is 0.585 bits per heavy atom. The second-order valence-electron chi connectivity index (χ2n) is 36.1. The Morgan fingerprint density at radius 2 is 0.296 bits per heavy atom. The molecule has 0 saturated heterocycles. The molecule has 21 aromatic carbocycles. The summed E-state index contributed by atoms with van der Waals surface area (Å²) in [4.78, 5) is 31.9. The van der Waals surface area contributed by atoms with Gasteiger partial charge in [-0.15, -0.1) is 0 Å². The fraction of sp³-hybridized carbons (Fsp3) is 0. The van der Waals surface area contributed by atoms with Gasteiger partial charge in [0.2, 0.25) is 11.9 Å². The van der Waals surface area contributed by atoms with Gasteiger partial charge in [0.05, 0.1) is 44.1 Å². The normalized spacial score (nSPS) is 11.5. The van der Waals surface area contributed by atoms with Crippen molar-refractivity contribution in [2.45, 2.75) is 0 Å². The zero-order chi connectivity index (χ0) is 93.9. The summed E-state index contributed by atoms with van der Waals surface area (Å²) in [6, 6.07) is 186. The molecule has 10 heteroatoms. The fourth-order valence-electron chi connectivity index (χ4n) is 20.8. The summed E-state index contributed by atoms with van der Waals surface area (Å²) < 4.78 is 9.47. The van der Waals surface area contributed by atoms with Crippen LogP contribution in [0.4, 0.5) is 0 Å². The molecule has 0 radical (unpaired) electrons. The standard InChI is InChI=1S/C69H45N5.C63H41N5/c1-5-19-46(20-6-1)49-35-37-50(38-36-49)56-43-57(54-29-17-27-52(41-54)47-21-7-2-8-22-47)45-58(44-56)73-63-33-15-13-31-59(63)61-39-40-62-60-32-14-16-34-64(60)74(66(62)65(61)73)69-71-67(51-25-11-4-12-26-51)70-68(72-69)55-30-18-28-53(42-55)48-23-9-3-10-24-48;1-5-18-42(19-6-1)44-32-34-45(35-33-44)50-39-51(49-27-17-26-48(38-49)43-20-7-2-8-21-43)41-52(40-50)67-57-30-15-13-28-53(57)55-36-37-56-54-29-14-16-31-58(54)68(60(56)59(55)67)63-65-61(46-22-9-3-10-23-46)64-62(66-63)47-24-11-4-12-25-47/h1-45H;1-41H. The number of rotatable bonds is 17. The average molecular weight is 1810 g/mol. The Morgan fingerprint density at radius 1 is 0.113 bits per heavy atom. The van der Waals surface area contributed by atoms with E-state index in [9.17, 15) is 0 Å². The van der Waals surface area contributed by atoms with Crippen molar-refractivity contribution >= 4 is 87.2 Å². The molecule has 27 rings (SSSR count). The van der Waals surface area contributed by atoms with Crippen molar-refractivity contribution in [2.75, 3.05) is 0 Å². The number of fused-ring (bicyclic) bond motifs is 14. The third-order valence-electron chi connectivity index (χ3n) is 27.5. The Hall–Kier alpha value is -19.2. The maximum Gasteiger partial charge on any atom is 0.238 e. The predicted molar refractivity (Wildman–Crippen MR) is 588 cm³/mol. The monoisotopic (exact) mass is 1810 g/mol. The lowest BCUT2D eigenvalue weighted by Crippen LogP contribution is -2.07. The Kier molecular flexibility index (Phi) is 21.1. The molecule has 0 unspecified atom stereocenters. The minimum Gasteiger partial charge on any atom is -0.307 e. The first-order chi connectivity index (χ1) is 70.4. The van der Waals surface area contributed by atoms with Crippen LogP contribution in [0.1, 0.15) is 0 Å². The van der Waals surface area contributed by atoms with Crippen molar-refractivity contribution in [1.29, 1.82) is 0 Å². The molecule has 0 bridgehead atoms. The molecule has 0 aliphatic rings. The van der Waals surface area contributed by atoms with Gasteiger partial charge in [0.1, 0.15) is 0 Å². The second kappa shape index (κ2) is 35.8. The predicted octanol–water partition coefficient (Wildman–Crippen LogP) is 33.8. The van der Waals surface area contributed by atoms with Gasteiger partial charge in [0.15, 0.2) is 23.3 Å². The van der Waals surface area contributed by atoms with E-state index in [1.165, 1.54) is 44.5 Å². The summed E-state index contributed by atoms with van der Waals surface area (Å²) in [7, 11) is 0. The van der Waals surface area contributed by atoms with E-state index in [-0.39, 0.29) is 0 Å². The van der Waals surface area contributed by atoms with Crippen molar-refractivity contribution in [3.8, 4) is 169 Å². The van der Waals surface area contributed by atoms with E-state index in [0.29, 0.717) is 35.2 Å². The molecule has 0 amide bonds. The maximum absolute atomic E-state index is 5.47. The largest absolute Gasteiger partial charge is 0.307 e. The Labute approximate surface area is 820 Å². The van der Waals surface area contributed by atoms with Gasteiger partial charge in [0, 0.05) is 76.7 Å². The molecule has 0 spiro atoms. The van der Waals surface area contributed by atoms with Gasteiger partial charge >= 0.3 is 0 Å². The molecule has 27 aromatic rings. The highest BCUT2D eigenvalue weighted by Gasteiger charge is 2.29. The number of para-hydroxylation sites is 4. The summed E-state index contributed by atoms with van der Waals surface area (Å²) in [5.41, 5.74) is 34.9. The van der Waals surface area contributed by atoms with E-state index in [1.807, 2.05) is 60.7 Å². The number of nitrogens with zero attached hydrogens (tertiary/aromatic N) is 10. The van der Waals surface area contributed by atoms with Gasteiger partial charge in [-0.25, -0.2) is 9.97 Å². The number of hydrogen-bond donors (Lipinski definition) is 0. The van der Waals surface area contributed by atoms with Crippen LogP contribution in [0.3, 0.4) is 0 Å². The molecule has 664 valence electrons. The van der Waals surface area contributed by atoms with E-state index in [2.05, 4.69) is 479 Å². The molecule has 0 atom stereocenters. The third-order valence-corrected chi connectivity index (χ3v) is 27.5. The highest BCUT2D eigenvalue weighted by atomic mass is 15.2. The summed E-state index contributed by atoms with van der Waals surface area (Å²) in [6.45, 7) is 0. The van der Waals surface area contributed by atoms with E-state index < -0.39 is 0 Å². The van der Waals surface area contributed by atoms with Gasteiger partial charge < -0.3 is 9.13 Å². The lowest BCUT2D eigenvalue weighted by atomic mass is 9.94. The van der Waals surface area contributed by atoms with Crippen LogP contribution < -0.4 is 0 Å². The SMILES string of the molecule is c1ccc(-c2ccc(-c3cc(-c4cccc(-c5ccccc5)c4)cc(-n4c5ccccc5c5ccc6c7ccccc7n(-c7nc(-c8ccccc8)nc(-c8cccc(-c9ccccc9)c8)n7)c6c54)c3)cc2)cc1.c1ccc(-c2ccc(-c3cc(-c4cccc(-c5ccccc5)c4)cc(-n4c5ccccc5c5ccc6c7ccccc7n(-c7nc(-c8ccccc8)nc(-c8ccccc8)n7)c6c54)c3)cc2)cc1. The van der Waals surface area contributed by atoms with E-state index in [4.69, 9.17) is 29.9 Å². The first kappa shape index (κ1) is 83.4. The number of benzene rings is 21. The van der Waals surface area contributed by atoms with Crippen LogP contribution in [0.15, 0.2) is 522 Å². The minimum atomic E-state index is 0.542. The molecule has 0 saturated carbocycles. The second-order valence-corrected chi connectivity index (χ2v) is 36.1. The summed E-state index contributed by atoms with van der Waals surface area (Å²) in [5, 5.41) is 9.05. The molecule has 6 heterocycles. The zero-order valence-corrected chi connectivity index (χ0v) is 77.1. The zero-order valence-electron chi connectivity index (χ0n) is 77.1. The van der Waals surface area contributed by atoms with Crippen LogP contribution in [0.2, 0.25) is 0 Å². The van der Waals surface area contributed by atoms with Gasteiger partial charge in [-0.3, -0.25) is 9.13 Å². The van der Waals surface area contributed by atoms with Crippen LogP contribution in [-0.2, 0) is 0 Å². The molecular formula is C132H86N10. The van der Waals surface area contributed by atoms with Gasteiger partial charge in [0.25, 0.3) is 0 Å². The lowest BCUT2D eigenvalue weighted by molar-refractivity contribution is 0.953. The third kappa shape index (κ3) is 15.3. The molecule has 142 heavy (non-hydrogen) atoms. The summed E-state index contributed by atoms with van der Waals surface area (Å²) in [6.07, 6.45) is 0. The molecule has 6 aromatic heterocycles. The van der Waals surface area contributed by atoms with Crippen molar-refractivity contribution in [1.82, 2.24) is 48.2 Å². The first-order valence-electron chi connectivity index (χ1n) is 48.1.